The number of aliphatic hydroxyl groups excluding tert-OH is 1. The van der Waals surface area contributed by atoms with E-state index in [9.17, 15) is 29.4 Å². The van der Waals surface area contributed by atoms with Crippen LogP contribution >= 0.6 is 11.3 Å². The Hall–Kier alpha value is -5.03. The third kappa shape index (κ3) is 11.8. The van der Waals surface area contributed by atoms with Gasteiger partial charge in [0.1, 0.15) is 12.1 Å². The van der Waals surface area contributed by atoms with E-state index in [1.165, 1.54) is 17.5 Å². The van der Waals surface area contributed by atoms with Crippen molar-refractivity contribution < 1.29 is 34.1 Å². The van der Waals surface area contributed by atoms with Crippen LogP contribution in [0.5, 0.6) is 0 Å². The molecule has 1 aliphatic heterocycles. The molecule has 4 bridgehead atoms. The minimum Gasteiger partial charge on any atom is -0.476 e. The molecule has 2 unspecified atom stereocenters. The molecule has 5 aliphatic rings. The summed E-state index contributed by atoms with van der Waals surface area (Å²) in [5.41, 5.74) is 6.81. The highest BCUT2D eigenvalue weighted by molar-refractivity contribution is 7.13. The lowest BCUT2D eigenvalue weighted by molar-refractivity contribution is -0.248. The lowest BCUT2D eigenvalue weighted by Gasteiger charge is -2.69. The molecule has 1 aromatic carbocycles. The van der Waals surface area contributed by atoms with Crippen LogP contribution in [0, 0.1) is 35.5 Å². The molecule has 1 saturated heterocycles. The van der Waals surface area contributed by atoms with Crippen LogP contribution in [-0.2, 0) is 25.7 Å². The number of benzene rings is 1. The Morgan fingerprint density at radius 2 is 1.62 bits per heavy atom. The number of nitrogens with zero attached hydrogens (tertiary/aromatic N) is 6. The molecule has 0 radical (unpaired) electrons. The van der Waals surface area contributed by atoms with E-state index in [4.69, 9.17) is 9.84 Å². The molecule has 4 aromatic rings. The number of unbranched alkanes of at least 4 members (excludes halogenated alkanes) is 3. The van der Waals surface area contributed by atoms with E-state index < -0.39 is 29.6 Å². The lowest BCUT2D eigenvalue weighted by atomic mass is 9.39. The number of aromatic carboxylic acids is 1. The monoisotopic (exact) mass is 1010 g/mol. The Morgan fingerprint density at radius 1 is 0.917 bits per heavy atom. The number of ether oxygens (including phenoxy) is 1. The lowest BCUT2D eigenvalue weighted by Crippen LogP contribution is -2.64. The number of aryl methyl sites for hydroxylation is 1. The Kier molecular flexibility index (Phi) is 15.6. The summed E-state index contributed by atoms with van der Waals surface area (Å²) in [6.07, 6.45) is 13.1. The van der Waals surface area contributed by atoms with Gasteiger partial charge in [0.15, 0.2) is 5.69 Å². The van der Waals surface area contributed by atoms with E-state index in [1.54, 1.807) is 23.6 Å². The summed E-state index contributed by atoms with van der Waals surface area (Å²) >= 11 is 1.59. The Morgan fingerprint density at radius 3 is 2.29 bits per heavy atom. The Labute approximate surface area is 429 Å². The SMILES string of the molecule is Cc1ncsc1-c1ccc([C@H](C)NC(=O)[C@@H]2C[C@@H](O)CN2C(=O)[C@@H](NC(=O)CCCCCCN(C)CCOC23CC4(C)CC(C)(CC(Cn5ncc(-c6cccnc6C(=O)O)c5C)(C4)C2)C3)C(C)(C)C)cc1. The molecule has 72 heavy (non-hydrogen) atoms. The highest BCUT2D eigenvalue weighted by Gasteiger charge is 2.66. The maximum atomic E-state index is 14.2. The molecular weight excluding hydrogens is 929 g/mol. The Balaban J connectivity index is 0.770. The van der Waals surface area contributed by atoms with Gasteiger partial charge in [-0.05, 0) is 125 Å². The van der Waals surface area contributed by atoms with Gasteiger partial charge in [0, 0.05) is 55.5 Å². The number of pyridine rings is 1. The van der Waals surface area contributed by atoms with Gasteiger partial charge in [-0.15, -0.1) is 11.3 Å². The number of nitrogens with one attached hydrogen (secondary N) is 2. The van der Waals surface area contributed by atoms with Crippen molar-refractivity contribution in [3.05, 3.63) is 76.9 Å². The molecule has 4 N–H and O–H groups in total. The Bertz CT molecular complexity index is 2590. The summed E-state index contributed by atoms with van der Waals surface area (Å²) in [5, 5.41) is 31.5. The van der Waals surface area contributed by atoms with Gasteiger partial charge in [-0.25, -0.2) is 14.8 Å². The number of likely N-dealkylation sites (tertiary alicyclic amines) is 1. The van der Waals surface area contributed by atoms with Gasteiger partial charge in [0.2, 0.25) is 17.7 Å². The second-order valence-electron chi connectivity index (χ2n) is 24.1. The van der Waals surface area contributed by atoms with Gasteiger partial charge < -0.3 is 35.4 Å². The molecule has 16 heteroatoms. The molecule has 4 aliphatic carbocycles. The number of carboxylic acids is 1. The zero-order valence-electron chi connectivity index (χ0n) is 44.1. The van der Waals surface area contributed by atoms with Crippen LogP contribution in [-0.4, -0.2) is 121 Å². The van der Waals surface area contributed by atoms with E-state index in [0.29, 0.717) is 25.0 Å². The zero-order valence-corrected chi connectivity index (χ0v) is 44.9. The molecular formula is C56H78N8O7S. The topological polar surface area (TPSA) is 192 Å². The summed E-state index contributed by atoms with van der Waals surface area (Å²) in [5.74, 6) is -1.93. The number of aliphatic hydroxyl groups is 1. The number of amides is 3. The van der Waals surface area contributed by atoms with E-state index in [1.807, 2.05) is 77.4 Å². The molecule has 5 fully saturated rings. The average molecular weight is 1010 g/mol. The highest BCUT2D eigenvalue weighted by Crippen LogP contribution is 2.72. The fourth-order valence-corrected chi connectivity index (χ4v) is 14.7. The van der Waals surface area contributed by atoms with Crippen LogP contribution in [0.25, 0.3) is 21.6 Å². The second kappa shape index (κ2) is 21.1. The number of hydrogen-bond acceptors (Lipinski definition) is 11. The van der Waals surface area contributed by atoms with Gasteiger partial charge in [0.25, 0.3) is 0 Å². The quantitative estimate of drug-likeness (QED) is 0.0584. The third-order valence-corrected chi connectivity index (χ3v) is 17.2. The number of β-amino-alcohol motifs (C(OH)–C–C–N with tert-alkyl or cyclic N) is 1. The standard InChI is InChI=1S/C56H78N8O7S/c1-36(39-17-19-40(20-18-39)47-37(2)58-35-72-47)60-49(67)44-25-41(65)27-63(44)50(68)48(52(4,5)6)61-45(66)16-12-10-11-13-22-62(9)23-24-71-56-31-53(7)28-54(8,32-56)30-55(29-53,33-56)34-64-38(3)43(26-59-64)42-15-14-21-57-46(42)51(69)70/h14-15,17-21,26,35-36,41,44,48,65H,10-13,16,22-25,27-34H2,1-9H3,(H,60,67)(H,61,66)(H,69,70)/t36-,41+,44-,48+,53?,54?,55?,56?/m0/s1. The van der Waals surface area contributed by atoms with Crippen LogP contribution in [0.3, 0.4) is 0 Å². The molecule has 3 amide bonds. The summed E-state index contributed by atoms with van der Waals surface area (Å²) in [4.78, 5) is 66.7. The van der Waals surface area contributed by atoms with E-state index >= 15 is 0 Å². The minimum atomic E-state index is -1.04. The van der Waals surface area contributed by atoms with Crippen molar-refractivity contribution in [1.82, 2.24) is 40.2 Å². The first-order valence-corrected chi connectivity index (χ1v) is 27.0. The van der Waals surface area contributed by atoms with Crippen molar-refractivity contribution >= 4 is 35.0 Å². The first-order chi connectivity index (χ1) is 34.0. The van der Waals surface area contributed by atoms with Crippen molar-refractivity contribution in [3.63, 3.8) is 0 Å². The number of carboxylic acid groups (broad SMARTS) is 1. The second-order valence-corrected chi connectivity index (χ2v) is 24.9. The average Bonchev–Trinajstić information content (AvgIpc) is 4.02. The summed E-state index contributed by atoms with van der Waals surface area (Å²) < 4.78 is 9.15. The van der Waals surface area contributed by atoms with Gasteiger partial charge >= 0.3 is 5.97 Å². The fraction of sp³-hybridized carbons (Fsp3) is 0.625. The number of carbonyl (C=O) groups excluding carboxylic acids is 3. The van der Waals surface area contributed by atoms with Gasteiger partial charge in [-0.3, -0.25) is 19.1 Å². The third-order valence-electron chi connectivity index (χ3n) is 16.2. The minimum absolute atomic E-state index is 0.0275. The molecule has 3 aromatic heterocycles. The van der Waals surface area contributed by atoms with Gasteiger partial charge in [-0.1, -0.05) is 77.8 Å². The number of thiazole rings is 1. The summed E-state index contributed by atoms with van der Waals surface area (Å²) in [6, 6.07) is 9.56. The molecule has 9 rings (SSSR count). The van der Waals surface area contributed by atoms with Crippen LogP contribution in [0.4, 0.5) is 0 Å². The first kappa shape index (κ1) is 53.3. The fourth-order valence-electron chi connectivity index (χ4n) is 13.9. The summed E-state index contributed by atoms with van der Waals surface area (Å²) in [7, 11) is 2.15. The molecule has 390 valence electrons. The molecule has 4 saturated carbocycles. The van der Waals surface area contributed by atoms with E-state index in [0.717, 1.165) is 104 Å². The molecule has 15 nitrogen and oxygen atoms in total. The van der Waals surface area contributed by atoms with Crippen molar-refractivity contribution in [2.75, 3.05) is 33.3 Å². The van der Waals surface area contributed by atoms with Crippen molar-refractivity contribution in [1.29, 1.82) is 0 Å². The maximum absolute atomic E-state index is 14.2. The molecule has 0 spiro atoms. The van der Waals surface area contributed by atoms with Gasteiger partial charge in [-0.2, -0.15) is 5.10 Å². The number of likely N-dealkylation sites (N-methyl/N-ethyl adjacent to an activating group) is 1. The largest absolute Gasteiger partial charge is 0.476 e. The number of aromatic nitrogens is 4. The molecule has 6 atom stereocenters. The van der Waals surface area contributed by atoms with Crippen molar-refractivity contribution in [2.45, 2.75) is 169 Å². The van der Waals surface area contributed by atoms with Crippen molar-refractivity contribution in [3.8, 4) is 21.6 Å². The first-order valence-electron chi connectivity index (χ1n) is 26.1. The maximum Gasteiger partial charge on any atom is 0.355 e. The van der Waals surface area contributed by atoms with Crippen LogP contribution in [0.1, 0.15) is 152 Å². The van der Waals surface area contributed by atoms with Gasteiger partial charge in [0.05, 0.1) is 46.6 Å². The number of carbonyl (C=O) groups is 4. The zero-order chi connectivity index (χ0) is 51.8. The smallest absolute Gasteiger partial charge is 0.355 e. The highest BCUT2D eigenvalue weighted by atomic mass is 32.1. The van der Waals surface area contributed by atoms with E-state index in [-0.39, 0.29) is 64.3 Å². The normalized spacial score (nSPS) is 26.5. The summed E-state index contributed by atoms with van der Waals surface area (Å²) in [6.45, 7) is 19.8. The van der Waals surface area contributed by atoms with Crippen LogP contribution < -0.4 is 10.6 Å². The van der Waals surface area contributed by atoms with Crippen LogP contribution in [0.2, 0.25) is 0 Å². The number of rotatable bonds is 21. The van der Waals surface area contributed by atoms with Crippen molar-refractivity contribution in [2.24, 2.45) is 21.7 Å². The van der Waals surface area contributed by atoms with Crippen LogP contribution in [0.15, 0.2) is 54.3 Å². The predicted molar refractivity (Wildman–Crippen MR) is 279 cm³/mol. The molecule has 4 heterocycles. The number of hydrogen-bond donors (Lipinski definition) is 4. The van der Waals surface area contributed by atoms with E-state index in [2.05, 4.69) is 51.1 Å². The predicted octanol–water partition coefficient (Wildman–Crippen LogP) is 8.77.